The van der Waals surface area contributed by atoms with Gasteiger partial charge >= 0.3 is 5.97 Å². The van der Waals surface area contributed by atoms with Gasteiger partial charge in [0.25, 0.3) is 5.91 Å². The molecule has 0 unspecified atom stereocenters. The third kappa shape index (κ3) is 4.54. The Morgan fingerprint density at radius 3 is 2.32 bits per heavy atom. The van der Waals surface area contributed by atoms with Crippen molar-refractivity contribution in [3.63, 3.8) is 0 Å². The molecule has 1 N–H and O–H groups in total. The van der Waals surface area contributed by atoms with Crippen molar-refractivity contribution in [1.82, 2.24) is 4.90 Å². The van der Waals surface area contributed by atoms with Crippen LogP contribution in [0.1, 0.15) is 15.9 Å². The van der Waals surface area contributed by atoms with Crippen LogP contribution in [0.3, 0.4) is 0 Å². The van der Waals surface area contributed by atoms with Gasteiger partial charge in [0.2, 0.25) is 0 Å². The number of benzene rings is 2. The van der Waals surface area contributed by atoms with E-state index < -0.39 is 5.97 Å². The highest BCUT2D eigenvalue weighted by Crippen LogP contribution is 2.21. The maximum atomic E-state index is 12.3. The number of esters is 1. The van der Waals surface area contributed by atoms with Crippen LogP contribution in [0, 0.1) is 6.92 Å². The summed E-state index contributed by atoms with van der Waals surface area (Å²) in [7, 11) is 1.63. The van der Waals surface area contributed by atoms with Crippen LogP contribution in [0.2, 0.25) is 0 Å². The van der Waals surface area contributed by atoms with Crippen molar-refractivity contribution in [2.45, 2.75) is 6.92 Å². The fraction of sp³-hybridized carbons (Fsp3) is 0.333. The number of phenols is 1. The Bertz CT molecular complexity index is 842. The molecule has 0 spiro atoms. The van der Waals surface area contributed by atoms with Crippen LogP contribution in [-0.2, 0) is 9.53 Å². The molecule has 1 heterocycles. The minimum Gasteiger partial charge on any atom is -0.508 e. The molecule has 1 aliphatic rings. The van der Waals surface area contributed by atoms with E-state index in [2.05, 4.69) is 4.90 Å². The van der Waals surface area contributed by atoms with E-state index in [4.69, 9.17) is 9.47 Å². The lowest BCUT2D eigenvalue weighted by atomic mass is 10.1. The smallest absolute Gasteiger partial charge is 0.338 e. The molecule has 0 radical (unpaired) electrons. The molecule has 0 atom stereocenters. The summed E-state index contributed by atoms with van der Waals surface area (Å²) in [6, 6.07) is 12.4. The van der Waals surface area contributed by atoms with Gasteiger partial charge < -0.3 is 24.4 Å². The highest BCUT2D eigenvalue weighted by atomic mass is 16.5. The molecule has 2 aromatic rings. The average molecular weight is 384 g/mol. The molecule has 0 saturated carbocycles. The molecule has 1 saturated heterocycles. The summed E-state index contributed by atoms with van der Waals surface area (Å²) < 4.78 is 10.3. The number of methoxy groups -OCH3 is 1. The third-order valence-electron chi connectivity index (χ3n) is 4.84. The number of phenolic OH excluding ortho intramolecular Hbond substituents is 1. The van der Waals surface area contributed by atoms with E-state index in [1.807, 2.05) is 24.3 Å². The molecule has 3 rings (SSSR count). The summed E-state index contributed by atoms with van der Waals surface area (Å²) >= 11 is 0. The van der Waals surface area contributed by atoms with Gasteiger partial charge in [0.05, 0.1) is 12.7 Å². The van der Waals surface area contributed by atoms with Crippen molar-refractivity contribution < 1.29 is 24.2 Å². The molecule has 7 nitrogen and oxygen atoms in total. The first-order valence-corrected chi connectivity index (χ1v) is 9.11. The van der Waals surface area contributed by atoms with Gasteiger partial charge in [0.15, 0.2) is 6.61 Å². The SMILES string of the molecule is COc1ccc(N2CCN(C(=O)COC(=O)c3ccc(C)c(O)c3)CC2)cc1. The standard InChI is InChI=1S/C21H24N2O5/c1-15-3-4-16(13-19(15)24)21(26)28-14-20(25)23-11-9-22(10-12-23)17-5-7-18(27-2)8-6-17/h3-8,13,24H,9-12,14H2,1-2H3. The predicted molar refractivity (Wildman–Crippen MR) is 105 cm³/mol. The minimum atomic E-state index is -0.625. The van der Waals surface area contributed by atoms with Crippen molar-refractivity contribution in [3.05, 3.63) is 53.6 Å². The largest absolute Gasteiger partial charge is 0.508 e. The van der Waals surface area contributed by atoms with E-state index in [0.717, 1.165) is 11.4 Å². The first-order valence-electron chi connectivity index (χ1n) is 9.11. The minimum absolute atomic E-state index is 0.0235. The molecule has 28 heavy (non-hydrogen) atoms. The van der Waals surface area contributed by atoms with E-state index in [1.54, 1.807) is 31.1 Å². The molecule has 0 bridgehead atoms. The van der Waals surface area contributed by atoms with Gasteiger partial charge in [0.1, 0.15) is 11.5 Å². The molecule has 2 aromatic carbocycles. The number of aryl methyl sites for hydroxylation is 1. The predicted octanol–water partition coefficient (Wildman–Crippen LogP) is 2.21. The normalized spacial score (nSPS) is 13.9. The van der Waals surface area contributed by atoms with Gasteiger partial charge in [-0.05, 0) is 48.9 Å². The zero-order valence-electron chi connectivity index (χ0n) is 16.1. The van der Waals surface area contributed by atoms with Crippen LogP contribution in [0.4, 0.5) is 5.69 Å². The third-order valence-corrected chi connectivity index (χ3v) is 4.84. The summed E-state index contributed by atoms with van der Waals surface area (Å²) in [5, 5.41) is 9.68. The summed E-state index contributed by atoms with van der Waals surface area (Å²) in [4.78, 5) is 28.3. The van der Waals surface area contributed by atoms with E-state index in [1.165, 1.54) is 6.07 Å². The molecule has 1 aliphatic heterocycles. The van der Waals surface area contributed by atoms with Crippen LogP contribution in [0.5, 0.6) is 11.5 Å². The summed E-state index contributed by atoms with van der Waals surface area (Å²) in [6.45, 7) is 3.97. The molecular formula is C21H24N2O5. The summed E-state index contributed by atoms with van der Waals surface area (Å²) in [6.07, 6.45) is 0. The first kappa shape index (κ1) is 19.5. The lowest BCUT2D eigenvalue weighted by Crippen LogP contribution is -2.49. The number of piperazine rings is 1. The van der Waals surface area contributed by atoms with Crippen LogP contribution in [-0.4, -0.2) is 61.8 Å². The van der Waals surface area contributed by atoms with E-state index >= 15 is 0 Å². The van der Waals surface area contributed by atoms with Crippen LogP contribution in [0.25, 0.3) is 0 Å². The second-order valence-electron chi connectivity index (χ2n) is 6.64. The van der Waals surface area contributed by atoms with Crippen molar-refractivity contribution in [2.75, 3.05) is 44.8 Å². The number of carbonyl (C=O) groups is 2. The fourth-order valence-electron chi connectivity index (χ4n) is 3.05. The summed E-state index contributed by atoms with van der Waals surface area (Å²) in [5.41, 5.74) is 1.97. The van der Waals surface area contributed by atoms with Crippen molar-refractivity contribution in [3.8, 4) is 11.5 Å². The molecule has 0 aromatic heterocycles. The van der Waals surface area contributed by atoms with Crippen LogP contribution < -0.4 is 9.64 Å². The lowest BCUT2D eigenvalue weighted by molar-refractivity contribution is -0.134. The second kappa shape index (κ2) is 8.65. The van der Waals surface area contributed by atoms with Crippen molar-refractivity contribution in [2.24, 2.45) is 0 Å². The fourth-order valence-corrected chi connectivity index (χ4v) is 3.05. The monoisotopic (exact) mass is 384 g/mol. The quantitative estimate of drug-likeness (QED) is 0.797. The van der Waals surface area contributed by atoms with E-state index in [9.17, 15) is 14.7 Å². The zero-order chi connectivity index (χ0) is 20.1. The molecule has 148 valence electrons. The van der Waals surface area contributed by atoms with Gasteiger partial charge in [-0.15, -0.1) is 0 Å². The Morgan fingerprint density at radius 2 is 1.71 bits per heavy atom. The molecular weight excluding hydrogens is 360 g/mol. The zero-order valence-corrected chi connectivity index (χ0v) is 16.1. The number of carbonyl (C=O) groups excluding carboxylic acids is 2. The molecule has 1 amide bonds. The van der Waals surface area contributed by atoms with E-state index in [-0.39, 0.29) is 23.8 Å². The van der Waals surface area contributed by atoms with Crippen LogP contribution in [0.15, 0.2) is 42.5 Å². The second-order valence-corrected chi connectivity index (χ2v) is 6.64. The van der Waals surface area contributed by atoms with Gasteiger partial charge in [-0.2, -0.15) is 0 Å². The van der Waals surface area contributed by atoms with Crippen LogP contribution >= 0.6 is 0 Å². The maximum Gasteiger partial charge on any atom is 0.338 e. The Kier molecular flexibility index (Phi) is 6.03. The number of ether oxygens (including phenoxy) is 2. The highest BCUT2D eigenvalue weighted by Gasteiger charge is 2.22. The van der Waals surface area contributed by atoms with Gasteiger partial charge in [-0.3, -0.25) is 4.79 Å². The van der Waals surface area contributed by atoms with Gasteiger partial charge in [0, 0.05) is 31.9 Å². The highest BCUT2D eigenvalue weighted by molar-refractivity contribution is 5.91. The number of anilines is 1. The maximum absolute atomic E-state index is 12.3. The number of aromatic hydroxyl groups is 1. The topological polar surface area (TPSA) is 79.3 Å². The van der Waals surface area contributed by atoms with Crippen molar-refractivity contribution in [1.29, 1.82) is 0 Å². The number of hydrogen-bond acceptors (Lipinski definition) is 6. The van der Waals surface area contributed by atoms with Gasteiger partial charge in [-0.25, -0.2) is 4.79 Å². The van der Waals surface area contributed by atoms with Crippen molar-refractivity contribution >= 4 is 17.6 Å². The lowest BCUT2D eigenvalue weighted by Gasteiger charge is -2.36. The average Bonchev–Trinajstić information content (AvgIpc) is 2.74. The van der Waals surface area contributed by atoms with E-state index in [0.29, 0.717) is 31.7 Å². The van der Waals surface area contributed by atoms with Gasteiger partial charge in [-0.1, -0.05) is 6.07 Å². The Morgan fingerprint density at radius 1 is 1.04 bits per heavy atom. The number of hydrogen-bond donors (Lipinski definition) is 1. The molecule has 1 fully saturated rings. The number of rotatable bonds is 5. The Hall–Kier alpha value is -3.22. The number of amides is 1. The molecule has 0 aliphatic carbocycles. The summed E-state index contributed by atoms with van der Waals surface area (Å²) in [5.74, 6) is -0.0173. The molecule has 7 heteroatoms. The number of nitrogens with zero attached hydrogens (tertiary/aromatic N) is 2. The Balaban J connectivity index is 1.48. The Labute approximate surface area is 164 Å². The first-order chi connectivity index (χ1) is 13.5.